The van der Waals surface area contributed by atoms with Crippen LogP contribution in [0.2, 0.25) is 0 Å². The maximum absolute atomic E-state index is 12.6. The van der Waals surface area contributed by atoms with E-state index in [2.05, 4.69) is 5.32 Å². The molecule has 0 radical (unpaired) electrons. The molecule has 0 atom stereocenters. The molecule has 1 N–H and O–H groups in total. The lowest BCUT2D eigenvalue weighted by molar-refractivity contribution is 0.467. The van der Waals surface area contributed by atoms with Crippen molar-refractivity contribution in [3.63, 3.8) is 0 Å². The van der Waals surface area contributed by atoms with Crippen LogP contribution in [0.15, 0.2) is 23.1 Å². The molecule has 1 aromatic rings. The van der Waals surface area contributed by atoms with E-state index in [9.17, 15) is 8.42 Å². The molecule has 0 heterocycles. The summed E-state index contributed by atoms with van der Waals surface area (Å²) in [5.41, 5.74) is 1.87. The molecule has 0 aliphatic carbocycles. The predicted molar refractivity (Wildman–Crippen MR) is 78.7 cm³/mol. The third kappa shape index (κ3) is 3.78. The van der Waals surface area contributed by atoms with Gasteiger partial charge in [-0.05, 0) is 37.1 Å². The van der Waals surface area contributed by atoms with Crippen LogP contribution < -0.4 is 5.32 Å². The van der Waals surface area contributed by atoms with E-state index < -0.39 is 10.0 Å². The number of sulfonamides is 1. The van der Waals surface area contributed by atoms with Crippen molar-refractivity contribution < 1.29 is 8.42 Å². The number of nitrogens with zero attached hydrogens (tertiary/aromatic N) is 1. The van der Waals surface area contributed by atoms with Gasteiger partial charge in [0, 0.05) is 20.1 Å². The molecule has 19 heavy (non-hydrogen) atoms. The molecule has 1 aromatic carbocycles. The molecular weight excluding hydrogens is 260 g/mol. The van der Waals surface area contributed by atoms with Gasteiger partial charge in [-0.25, -0.2) is 12.7 Å². The van der Waals surface area contributed by atoms with Crippen molar-refractivity contribution in [2.24, 2.45) is 0 Å². The second-order valence-corrected chi connectivity index (χ2v) is 6.67. The van der Waals surface area contributed by atoms with E-state index in [1.807, 2.05) is 33.0 Å². The van der Waals surface area contributed by atoms with Crippen LogP contribution in [0.3, 0.4) is 0 Å². The van der Waals surface area contributed by atoms with Gasteiger partial charge in [0.2, 0.25) is 10.0 Å². The van der Waals surface area contributed by atoms with Gasteiger partial charge in [0.05, 0.1) is 4.90 Å². The fraction of sp³-hybridized carbons (Fsp3) is 0.571. The van der Waals surface area contributed by atoms with Crippen molar-refractivity contribution in [2.45, 2.75) is 38.1 Å². The van der Waals surface area contributed by atoms with E-state index in [0.717, 1.165) is 17.5 Å². The van der Waals surface area contributed by atoms with E-state index in [1.165, 1.54) is 4.31 Å². The Hall–Kier alpha value is -0.910. The summed E-state index contributed by atoms with van der Waals surface area (Å²) in [4.78, 5) is 0.443. The van der Waals surface area contributed by atoms with Gasteiger partial charge in [-0.15, -0.1) is 0 Å². The molecule has 0 amide bonds. The van der Waals surface area contributed by atoms with Crippen LogP contribution in [-0.2, 0) is 23.0 Å². The minimum Gasteiger partial charge on any atom is -0.316 e. The van der Waals surface area contributed by atoms with Crippen LogP contribution in [0, 0.1) is 0 Å². The fourth-order valence-electron chi connectivity index (χ4n) is 2.05. The summed E-state index contributed by atoms with van der Waals surface area (Å²) in [6.07, 6.45) is 1.53. The van der Waals surface area contributed by atoms with Gasteiger partial charge in [0.1, 0.15) is 0 Å². The number of hydrogen-bond acceptors (Lipinski definition) is 3. The normalized spacial score (nSPS) is 12.1. The second-order valence-electron chi connectivity index (χ2n) is 4.65. The SMILES string of the molecule is CCCN(C)S(=O)(=O)c1cc(CNC)ccc1CC. The minimum atomic E-state index is -3.38. The molecule has 0 unspecified atom stereocenters. The molecule has 1 rings (SSSR count). The number of nitrogens with one attached hydrogen (secondary N) is 1. The highest BCUT2D eigenvalue weighted by Gasteiger charge is 2.23. The molecular formula is C14H24N2O2S. The fourth-order valence-corrected chi connectivity index (χ4v) is 3.65. The molecule has 108 valence electrons. The number of hydrogen-bond donors (Lipinski definition) is 1. The van der Waals surface area contributed by atoms with Crippen molar-refractivity contribution in [2.75, 3.05) is 20.6 Å². The zero-order valence-corrected chi connectivity index (χ0v) is 13.0. The minimum absolute atomic E-state index is 0.443. The van der Waals surface area contributed by atoms with Crippen LogP contribution >= 0.6 is 0 Å². The molecule has 0 saturated carbocycles. The largest absolute Gasteiger partial charge is 0.316 e. The topological polar surface area (TPSA) is 49.4 Å². The summed E-state index contributed by atoms with van der Waals surface area (Å²) in [6.45, 7) is 5.17. The molecule has 0 spiro atoms. The zero-order chi connectivity index (χ0) is 14.5. The molecule has 0 aliphatic rings. The van der Waals surface area contributed by atoms with Gasteiger partial charge in [0.15, 0.2) is 0 Å². The molecule has 0 aliphatic heterocycles. The zero-order valence-electron chi connectivity index (χ0n) is 12.2. The van der Waals surface area contributed by atoms with Crippen LogP contribution in [0.25, 0.3) is 0 Å². The van der Waals surface area contributed by atoms with Gasteiger partial charge >= 0.3 is 0 Å². The third-order valence-electron chi connectivity index (χ3n) is 3.12. The van der Waals surface area contributed by atoms with E-state index in [-0.39, 0.29) is 0 Å². The number of benzene rings is 1. The monoisotopic (exact) mass is 284 g/mol. The van der Waals surface area contributed by atoms with Crippen LogP contribution in [0.1, 0.15) is 31.4 Å². The quantitative estimate of drug-likeness (QED) is 0.833. The van der Waals surface area contributed by atoms with Gasteiger partial charge in [0.25, 0.3) is 0 Å². The Balaban J connectivity index is 3.25. The molecule has 4 nitrogen and oxygen atoms in total. The number of aryl methyl sites for hydroxylation is 1. The average molecular weight is 284 g/mol. The highest BCUT2D eigenvalue weighted by molar-refractivity contribution is 7.89. The highest BCUT2D eigenvalue weighted by atomic mass is 32.2. The standard InChI is InChI=1S/C14H24N2O2S/c1-5-9-16(4)19(17,18)14-10-12(11-15-3)7-8-13(14)6-2/h7-8,10,15H,5-6,9,11H2,1-4H3. The van der Waals surface area contributed by atoms with E-state index in [1.54, 1.807) is 13.1 Å². The first-order chi connectivity index (χ1) is 8.97. The highest BCUT2D eigenvalue weighted by Crippen LogP contribution is 2.22. The van der Waals surface area contributed by atoms with Gasteiger partial charge in [-0.3, -0.25) is 0 Å². The summed E-state index contributed by atoms with van der Waals surface area (Å²) in [7, 11) is 0.115. The van der Waals surface area contributed by atoms with E-state index in [0.29, 0.717) is 24.4 Å². The van der Waals surface area contributed by atoms with Crippen molar-refractivity contribution in [1.29, 1.82) is 0 Å². The lowest BCUT2D eigenvalue weighted by atomic mass is 10.1. The van der Waals surface area contributed by atoms with E-state index in [4.69, 9.17) is 0 Å². The van der Waals surface area contributed by atoms with Crippen molar-refractivity contribution in [3.8, 4) is 0 Å². The van der Waals surface area contributed by atoms with Gasteiger partial charge in [-0.1, -0.05) is 26.0 Å². The molecule has 0 bridgehead atoms. The lowest BCUT2D eigenvalue weighted by Gasteiger charge is -2.19. The predicted octanol–water partition coefficient (Wildman–Crippen LogP) is 2.00. The molecule has 5 heteroatoms. The van der Waals surface area contributed by atoms with Crippen LogP contribution in [0.5, 0.6) is 0 Å². The van der Waals surface area contributed by atoms with Gasteiger partial charge in [-0.2, -0.15) is 0 Å². The maximum atomic E-state index is 12.6. The smallest absolute Gasteiger partial charge is 0.243 e. The average Bonchev–Trinajstić information content (AvgIpc) is 2.39. The Bertz CT molecular complexity index is 512. The first kappa shape index (κ1) is 16.1. The van der Waals surface area contributed by atoms with Crippen molar-refractivity contribution in [1.82, 2.24) is 9.62 Å². The Kier molecular flexibility index (Phi) is 5.97. The Labute approximate surface area is 116 Å². The summed E-state index contributed by atoms with van der Waals surface area (Å²) in [6, 6.07) is 5.68. The van der Waals surface area contributed by atoms with Crippen LogP contribution in [-0.4, -0.2) is 33.4 Å². The summed E-state index contributed by atoms with van der Waals surface area (Å²) in [5.74, 6) is 0. The second kappa shape index (κ2) is 7.03. The molecule has 0 aromatic heterocycles. The lowest BCUT2D eigenvalue weighted by Crippen LogP contribution is -2.28. The van der Waals surface area contributed by atoms with Gasteiger partial charge < -0.3 is 5.32 Å². The first-order valence-corrected chi connectivity index (χ1v) is 8.14. The van der Waals surface area contributed by atoms with Crippen molar-refractivity contribution >= 4 is 10.0 Å². The molecule has 0 fully saturated rings. The first-order valence-electron chi connectivity index (χ1n) is 6.70. The van der Waals surface area contributed by atoms with Crippen LogP contribution in [0.4, 0.5) is 0 Å². The maximum Gasteiger partial charge on any atom is 0.243 e. The Morgan fingerprint density at radius 1 is 1.26 bits per heavy atom. The Morgan fingerprint density at radius 3 is 2.47 bits per heavy atom. The molecule has 0 saturated heterocycles. The summed E-state index contributed by atoms with van der Waals surface area (Å²) < 4.78 is 26.6. The van der Waals surface area contributed by atoms with E-state index >= 15 is 0 Å². The Morgan fingerprint density at radius 2 is 1.95 bits per heavy atom. The summed E-state index contributed by atoms with van der Waals surface area (Å²) in [5, 5.41) is 3.05. The summed E-state index contributed by atoms with van der Waals surface area (Å²) >= 11 is 0. The van der Waals surface area contributed by atoms with Crippen molar-refractivity contribution in [3.05, 3.63) is 29.3 Å². The third-order valence-corrected chi connectivity index (χ3v) is 5.06. The number of rotatable bonds is 7.